The van der Waals surface area contributed by atoms with Crippen LogP contribution in [0.4, 0.5) is 0 Å². The van der Waals surface area contributed by atoms with Gasteiger partial charge in [-0.2, -0.15) is 0 Å². The standard InChI is InChI=1S/C21H27N3S2/c1-2-3-4-7-12-22-21(25)24-15-18(20-11-8-13-26-20)17-14-23-19-10-6-5-9-16(17)19/h5-6,8-11,13-14,18,23H,2-4,7,12,15H2,1H3,(H2,22,24,25). The van der Waals surface area contributed by atoms with Crippen LogP contribution in [0.15, 0.2) is 48.0 Å². The summed E-state index contributed by atoms with van der Waals surface area (Å²) in [6.07, 6.45) is 7.13. The van der Waals surface area contributed by atoms with Gasteiger partial charge in [0.1, 0.15) is 0 Å². The molecule has 0 aliphatic rings. The van der Waals surface area contributed by atoms with Gasteiger partial charge >= 0.3 is 0 Å². The molecule has 3 nitrogen and oxygen atoms in total. The SMILES string of the molecule is CCCCCCNC(=S)NCC(c1cccs1)c1c[nH]c2ccccc12. The summed E-state index contributed by atoms with van der Waals surface area (Å²) in [5.74, 6) is 0.283. The molecule has 0 amide bonds. The van der Waals surface area contributed by atoms with Crippen LogP contribution in [0.5, 0.6) is 0 Å². The van der Waals surface area contributed by atoms with E-state index in [0.29, 0.717) is 0 Å². The van der Waals surface area contributed by atoms with Crippen LogP contribution < -0.4 is 10.6 Å². The van der Waals surface area contributed by atoms with Gasteiger partial charge in [-0.1, -0.05) is 50.5 Å². The molecule has 0 saturated carbocycles. The fourth-order valence-corrected chi connectivity index (χ4v) is 4.28. The molecular formula is C21H27N3S2. The second-order valence-electron chi connectivity index (χ2n) is 6.56. The van der Waals surface area contributed by atoms with Crippen molar-refractivity contribution in [3.05, 3.63) is 58.4 Å². The van der Waals surface area contributed by atoms with E-state index in [1.165, 1.54) is 47.0 Å². The first-order chi connectivity index (χ1) is 12.8. The molecule has 1 aromatic carbocycles. The summed E-state index contributed by atoms with van der Waals surface area (Å²) >= 11 is 7.28. The molecule has 0 radical (unpaired) electrons. The first kappa shape index (κ1) is 18.9. The van der Waals surface area contributed by atoms with Gasteiger partial charge in [0.15, 0.2) is 5.11 Å². The summed E-state index contributed by atoms with van der Waals surface area (Å²) in [4.78, 5) is 4.76. The van der Waals surface area contributed by atoms with Gasteiger partial charge in [-0.25, -0.2) is 0 Å². The van der Waals surface area contributed by atoms with E-state index in [9.17, 15) is 0 Å². The number of hydrogen-bond acceptors (Lipinski definition) is 2. The van der Waals surface area contributed by atoms with Crippen LogP contribution in [0.25, 0.3) is 10.9 Å². The highest BCUT2D eigenvalue weighted by atomic mass is 32.1. The number of benzene rings is 1. The van der Waals surface area contributed by atoms with Gasteiger partial charge in [0, 0.05) is 41.0 Å². The predicted octanol–water partition coefficient (Wildman–Crippen LogP) is 5.41. The molecule has 2 aromatic heterocycles. The van der Waals surface area contributed by atoms with E-state index >= 15 is 0 Å². The van der Waals surface area contributed by atoms with Gasteiger partial charge in [-0.05, 0) is 41.7 Å². The van der Waals surface area contributed by atoms with E-state index in [1.807, 2.05) is 0 Å². The Bertz CT molecular complexity index is 808. The van der Waals surface area contributed by atoms with Gasteiger partial charge in [0.25, 0.3) is 0 Å². The average Bonchev–Trinajstić information content (AvgIpc) is 3.32. The lowest BCUT2D eigenvalue weighted by molar-refractivity contribution is 0.648. The third-order valence-electron chi connectivity index (χ3n) is 4.67. The molecule has 0 saturated heterocycles. The van der Waals surface area contributed by atoms with E-state index < -0.39 is 0 Å². The normalized spacial score (nSPS) is 12.2. The van der Waals surface area contributed by atoms with Crippen LogP contribution >= 0.6 is 23.6 Å². The van der Waals surface area contributed by atoms with E-state index in [1.54, 1.807) is 11.3 Å². The van der Waals surface area contributed by atoms with Crippen LogP contribution in [0.1, 0.15) is 49.0 Å². The van der Waals surface area contributed by atoms with Crippen LogP contribution in [-0.4, -0.2) is 23.2 Å². The topological polar surface area (TPSA) is 39.8 Å². The lowest BCUT2D eigenvalue weighted by Gasteiger charge is -2.18. The molecule has 1 unspecified atom stereocenters. The Balaban J connectivity index is 1.64. The van der Waals surface area contributed by atoms with Crippen LogP contribution in [-0.2, 0) is 0 Å². The number of H-pyrrole nitrogens is 1. The molecule has 3 N–H and O–H groups in total. The number of para-hydroxylation sites is 1. The lowest BCUT2D eigenvalue weighted by Crippen LogP contribution is -2.38. The fourth-order valence-electron chi connectivity index (χ4n) is 3.25. The molecular weight excluding hydrogens is 358 g/mol. The number of aromatic amines is 1. The van der Waals surface area contributed by atoms with Crippen LogP contribution in [0.3, 0.4) is 0 Å². The minimum atomic E-state index is 0.283. The zero-order chi connectivity index (χ0) is 18.2. The number of aromatic nitrogens is 1. The molecule has 0 fully saturated rings. The van der Waals surface area contributed by atoms with Crippen molar-refractivity contribution in [2.24, 2.45) is 0 Å². The fraction of sp³-hybridized carbons (Fsp3) is 0.381. The number of fused-ring (bicyclic) bond motifs is 1. The van der Waals surface area contributed by atoms with Crippen molar-refractivity contribution >= 4 is 39.6 Å². The highest BCUT2D eigenvalue weighted by Gasteiger charge is 2.19. The molecule has 3 aromatic rings. The van der Waals surface area contributed by atoms with Crippen molar-refractivity contribution in [1.82, 2.24) is 15.6 Å². The highest BCUT2D eigenvalue weighted by Crippen LogP contribution is 2.32. The Kier molecular flexibility index (Phi) is 7.09. The quantitative estimate of drug-likeness (QED) is 0.341. The molecule has 0 spiro atoms. The maximum absolute atomic E-state index is 5.48. The Labute approximate surface area is 165 Å². The number of rotatable bonds is 9. The molecule has 138 valence electrons. The third kappa shape index (κ3) is 4.86. The molecule has 0 aliphatic carbocycles. The second-order valence-corrected chi connectivity index (χ2v) is 7.94. The van der Waals surface area contributed by atoms with Gasteiger partial charge in [-0.15, -0.1) is 11.3 Å². The number of nitrogens with one attached hydrogen (secondary N) is 3. The van der Waals surface area contributed by atoms with Crippen molar-refractivity contribution in [3.63, 3.8) is 0 Å². The Morgan fingerprint density at radius 1 is 1.12 bits per heavy atom. The number of thiophene rings is 1. The molecule has 3 rings (SSSR count). The monoisotopic (exact) mass is 385 g/mol. The Morgan fingerprint density at radius 3 is 2.81 bits per heavy atom. The zero-order valence-corrected chi connectivity index (χ0v) is 16.9. The minimum Gasteiger partial charge on any atom is -0.363 e. The van der Waals surface area contributed by atoms with Crippen LogP contribution in [0, 0.1) is 0 Å². The van der Waals surface area contributed by atoms with E-state index in [0.717, 1.165) is 18.2 Å². The van der Waals surface area contributed by atoms with Crippen molar-refractivity contribution in [1.29, 1.82) is 0 Å². The summed E-state index contributed by atoms with van der Waals surface area (Å²) < 4.78 is 0. The second kappa shape index (κ2) is 9.74. The summed E-state index contributed by atoms with van der Waals surface area (Å²) in [6.45, 7) is 3.97. The minimum absolute atomic E-state index is 0.283. The summed E-state index contributed by atoms with van der Waals surface area (Å²) in [5.41, 5.74) is 2.50. The van der Waals surface area contributed by atoms with Gasteiger partial charge in [-0.3, -0.25) is 0 Å². The van der Waals surface area contributed by atoms with Crippen molar-refractivity contribution in [3.8, 4) is 0 Å². The van der Waals surface area contributed by atoms with E-state index in [-0.39, 0.29) is 5.92 Å². The van der Waals surface area contributed by atoms with Gasteiger partial charge in [0.05, 0.1) is 0 Å². The molecule has 26 heavy (non-hydrogen) atoms. The molecule has 5 heteroatoms. The predicted molar refractivity (Wildman–Crippen MR) is 117 cm³/mol. The molecule has 2 heterocycles. The van der Waals surface area contributed by atoms with E-state index in [4.69, 9.17) is 12.2 Å². The largest absolute Gasteiger partial charge is 0.363 e. The summed E-state index contributed by atoms with van der Waals surface area (Å²) in [5, 5.41) is 10.9. The summed E-state index contributed by atoms with van der Waals surface area (Å²) in [7, 11) is 0. The molecule has 0 aliphatic heterocycles. The zero-order valence-electron chi connectivity index (χ0n) is 15.3. The number of hydrogen-bond donors (Lipinski definition) is 3. The average molecular weight is 386 g/mol. The Hall–Kier alpha value is -1.85. The first-order valence-electron chi connectivity index (χ1n) is 9.40. The lowest BCUT2D eigenvalue weighted by atomic mass is 9.97. The first-order valence-corrected chi connectivity index (χ1v) is 10.7. The highest BCUT2D eigenvalue weighted by molar-refractivity contribution is 7.80. The van der Waals surface area contributed by atoms with Crippen molar-refractivity contribution in [2.75, 3.05) is 13.1 Å². The Morgan fingerprint density at radius 2 is 2.00 bits per heavy atom. The molecule has 1 atom stereocenters. The van der Waals surface area contributed by atoms with E-state index in [2.05, 4.69) is 70.5 Å². The number of unbranched alkanes of at least 4 members (excludes halogenated alkanes) is 3. The van der Waals surface area contributed by atoms with Crippen molar-refractivity contribution in [2.45, 2.75) is 38.5 Å². The molecule has 0 bridgehead atoms. The van der Waals surface area contributed by atoms with Crippen LogP contribution in [0.2, 0.25) is 0 Å². The maximum atomic E-state index is 5.48. The summed E-state index contributed by atoms with van der Waals surface area (Å²) in [6, 6.07) is 12.8. The van der Waals surface area contributed by atoms with Gasteiger partial charge < -0.3 is 15.6 Å². The third-order valence-corrected chi connectivity index (χ3v) is 5.94. The van der Waals surface area contributed by atoms with Gasteiger partial charge in [0.2, 0.25) is 0 Å². The van der Waals surface area contributed by atoms with Crippen molar-refractivity contribution < 1.29 is 0 Å². The smallest absolute Gasteiger partial charge is 0.166 e. The maximum Gasteiger partial charge on any atom is 0.166 e. The number of thiocarbonyl (C=S) groups is 1.